The Morgan fingerprint density at radius 2 is 1.21 bits per heavy atom. The molecule has 0 fully saturated rings. The van der Waals surface area contributed by atoms with Gasteiger partial charge in [-0.1, -0.05) is 60.7 Å². The molecule has 0 atom stereocenters. The van der Waals surface area contributed by atoms with Crippen molar-refractivity contribution in [3.8, 4) is 45.0 Å². The Balaban J connectivity index is 1.78. The molecule has 0 bridgehead atoms. The Morgan fingerprint density at radius 3 is 1.74 bits per heavy atom. The Kier molecular flexibility index (Phi) is 6.96. The number of hydrogen-bond acceptors (Lipinski definition) is 4. The van der Waals surface area contributed by atoms with Crippen LogP contribution in [0.4, 0.5) is 5.82 Å². The lowest BCUT2D eigenvalue weighted by molar-refractivity contribution is 0.356. The number of benzene rings is 4. The number of guanidine groups is 1. The zero-order valence-electron chi connectivity index (χ0n) is 22.0. The summed E-state index contributed by atoms with van der Waals surface area (Å²) in [5.41, 5.74) is 12.5. The quantitative estimate of drug-likeness (QED) is 0.205. The van der Waals surface area contributed by atoms with Crippen LogP contribution in [0.25, 0.3) is 44.3 Å². The molecule has 1 aromatic heterocycles. The van der Waals surface area contributed by atoms with E-state index in [1.54, 1.807) is 19.1 Å². The van der Waals surface area contributed by atoms with Crippen LogP contribution in [0.5, 0.6) is 11.5 Å². The fourth-order valence-corrected chi connectivity index (χ4v) is 4.37. The van der Waals surface area contributed by atoms with Crippen LogP contribution in [0.3, 0.4) is 0 Å². The average molecular weight is 503 g/mol. The maximum atomic E-state index is 6.24. The van der Waals surface area contributed by atoms with Crippen molar-refractivity contribution in [2.75, 3.05) is 28.3 Å². The fourth-order valence-electron chi connectivity index (χ4n) is 4.37. The number of pyridine rings is 1. The second kappa shape index (κ2) is 10.6. The van der Waals surface area contributed by atoms with E-state index in [1.807, 2.05) is 38.4 Å². The van der Waals surface area contributed by atoms with Crippen LogP contribution >= 0.6 is 0 Å². The lowest BCUT2D eigenvalue weighted by Gasteiger charge is -2.15. The van der Waals surface area contributed by atoms with E-state index < -0.39 is 0 Å². The van der Waals surface area contributed by atoms with E-state index in [4.69, 9.17) is 20.2 Å². The second-order valence-corrected chi connectivity index (χ2v) is 9.15. The van der Waals surface area contributed by atoms with Crippen molar-refractivity contribution in [2.45, 2.75) is 0 Å². The van der Waals surface area contributed by atoms with Crippen LogP contribution in [-0.2, 0) is 0 Å². The van der Waals surface area contributed by atoms with E-state index in [-0.39, 0.29) is 0 Å². The molecule has 6 nitrogen and oxygen atoms in total. The van der Waals surface area contributed by atoms with E-state index in [0.717, 1.165) is 44.3 Å². The molecule has 0 amide bonds. The topological polar surface area (TPSA) is 73.0 Å². The van der Waals surface area contributed by atoms with Gasteiger partial charge in [0.1, 0.15) is 0 Å². The molecule has 5 aromatic rings. The number of aromatic nitrogens is 1. The third-order valence-corrected chi connectivity index (χ3v) is 6.44. The molecule has 5 rings (SSSR count). The first-order valence-electron chi connectivity index (χ1n) is 12.3. The van der Waals surface area contributed by atoms with Crippen LogP contribution in [0.2, 0.25) is 0 Å². The van der Waals surface area contributed by atoms with Gasteiger partial charge in [-0.15, -0.1) is 0 Å². The molecule has 6 heteroatoms. The van der Waals surface area contributed by atoms with E-state index in [9.17, 15) is 0 Å². The minimum Gasteiger partial charge on any atom is -0.493 e. The summed E-state index contributed by atoms with van der Waals surface area (Å²) in [6, 6.07) is 33.2. The number of nitrogens with zero attached hydrogens (tertiary/aromatic N) is 3. The lowest BCUT2D eigenvalue weighted by atomic mass is 9.94. The summed E-state index contributed by atoms with van der Waals surface area (Å²) in [5, 5.41) is 1.74. The number of rotatable bonds is 6. The van der Waals surface area contributed by atoms with E-state index >= 15 is 0 Å². The average Bonchev–Trinajstić information content (AvgIpc) is 2.96. The largest absolute Gasteiger partial charge is 0.493 e. The summed E-state index contributed by atoms with van der Waals surface area (Å²) < 4.78 is 11.1. The molecule has 0 spiro atoms. The number of ether oxygens (including phenoxy) is 2. The molecule has 38 heavy (non-hydrogen) atoms. The summed E-state index contributed by atoms with van der Waals surface area (Å²) in [6.07, 6.45) is 0. The smallest absolute Gasteiger partial charge is 0.197 e. The highest BCUT2D eigenvalue weighted by Gasteiger charge is 2.15. The van der Waals surface area contributed by atoms with Crippen LogP contribution in [-0.4, -0.2) is 44.2 Å². The third-order valence-electron chi connectivity index (χ3n) is 6.44. The molecule has 0 aliphatic rings. The minimum absolute atomic E-state index is 0.355. The number of nitrogens with two attached hydrogens (primary N) is 1. The van der Waals surface area contributed by atoms with Gasteiger partial charge < -0.3 is 20.1 Å². The van der Waals surface area contributed by atoms with Gasteiger partial charge in [0.25, 0.3) is 0 Å². The molecular weight excluding hydrogens is 472 g/mol. The highest BCUT2D eigenvalue weighted by molar-refractivity contribution is 5.98. The predicted molar refractivity (Wildman–Crippen MR) is 156 cm³/mol. The van der Waals surface area contributed by atoms with Gasteiger partial charge >= 0.3 is 0 Å². The monoisotopic (exact) mass is 502 g/mol. The van der Waals surface area contributed by atoms with Crippen molar-refractivity contribution in [3.05, 3.63) is 97.1 Å². The molecule has 1 heterocycles. The van der Waals surface area contributed by atoms with Crippen molar-refractivity contribution in [2.24, 2.45) is 10.7 Å². The molecule has 0 radical (unpaired) electrons. The molecule has 0 unspecified atom stereocenters. The maximum absolute atomic E-state index is 6.24. The first-order chi connectivity index (χ1) is 18.5. The second-order valence-electron chi connectivity index (χ2n) is 9.15. The van der Waals surface area contributed by atoms with Gasteiger partial charge in [-0.05, 0) is 64.0 Å². The number of hydrogen-bond donors (Lipinski definition) is 1. The summed E-state index contributed by atoms with van der Waals surface area (Å²) in [5.74, 6) is 2.10. The molecule has 2 N–H and O–H groups in total. The van der Waals surface area contributed by atoms with Crippen LogP contribution in [0.1, 0.15) is 0 Å². The maximum Gasteiger partial charge on any atom is 0.197 e. The van der Waals surface area contributed by atoms with E-state index in [1.165, 1.54) is 0 Å². The van der Waals surface area contributed by atoms with Crippen LogP contribution in [0.15, 0.2) is 102 Å². The Morgan fingerprint density at radius 1 is 0.684 bits per heavy atom. The van der Waals surface area contributed by atoms with Gasteiger partial charge in [0.05, 0.1) is 19.9 Å². The van der Waals surface area contributed by atoms with Crippen molar-refractivity contribution in [1.29, 1.82) is 0 Å². The molecule has 0 aliphatic carbocycles. The number of aliphatic imine (C=N–C) groups is 1. The van der Waals surface area contributed by atoms with Crippen LogP contribution in [0, 0.1) is 0 Å². The van der Waals surface area contributed by atoms with E-state index in [2.05, 4.69) is 77.8 Å². The molecule has 4 aromatic carbocycles. The van der Waals surface area contributed by atoms with Crippen molar-refractivity contribution < 1.29 is 9.47 Å². The number of fused-ring (bicyclic) bond motifs is 1. The number of methoxy groups -OCH3 is 2. The predicted octanol–water partition coefficient (Wildman–Crippen LogP) is 6.76. The van der Waals surface area contributed by atoms with Crippen molar-refractivity contribution in [3.63, 3.8) is 0 Å². The summed E-state index contributed by atoms with van der Waals surface area (Å²) >= 11 is 0. The molecule has 0 saturated carbocycles. The minimum atomic E-state index is 0.355. The lowest BCUT2D eigenvalue weighted by Crippen LogP contribution is -2.29. The summed E-state index contributed by atoms with van der Waals surface area (Å²) in [7, 11) is 6.95. The van der Waals surface area contributed by atoms with Crippen LogP contribution < -0.4 is 15.2 Å². The summed E-state index contributed by atoms with van der Waals surface area (Å²) in [4.78, 5) is 11.4. The van der Waals surface area contributed by atoms with Gasteiger partial charge in [-0.2, -0.15) is 4.99 Å². The SMILES string of the molecule is COc1cc2cc(-c3cc(-c4ccccc4)cc(-c4ccccc4)c3)nc(N=C(N)N(C)C)c2cc1OC. The Labute approximate surface area is 223 Å². The highest BCUT2D eigenvalue weighted by atomic mass is 16.5. The van der Waals surface area contributed by atoms with Gasteiger partial charge in [-0.25, -0.2) is 4.98 Å². The first-order valence-corrected chi connectivity index (χ1v) is 12.3. The zero-order chi connectivity index (χ0) is 26.6. The Bertz CT molecular complexity index is 1560. The van der Waals surface area contributed by atoms with Gasteiger partial charge in [0.2, 0.25) is 0 Å². The molecule has 0 aliphatic heterocycles. The van der Waals surface area contributed by atoms with Crippen molar-refractivity contribution >= 4 is 22.5 Å². The fraction of sp³-hybridized carbons (Fsp3) is 0.125. The van der Waals surface area contributed by atoms with E-state index in [0.29, 0.717) is 23.3 Å². The molecular formula is C32H30N4O2. The van der Waals surface area contributed by atoms with Gasteiger partial charge in [0.15, 0.2) is 23.3 Å². The molecule has 190 valence electrons. The summed E-state index contributed by atoms with van der Waals surface area (Å²) in [6.45, 7) is 0. The standard InChI is InChI=1S/C32H30N4O2/c1-36(2)32(33)35-31-27-20-30(38-4)29(37-3)19-25(27)18-28(34-31)26-16-23(21-11-7-5-8-12-21)15-24(17-26)22-13-9-6-10-14-22/h5-20H,1-4H3,(H2,33,34,35). The van der Waals surface area contributed by atoms with Gasteiger partial charge in [-0.3, -0.25) is 0 Å². The normalized spacial score (nSPS) is 11.4. The molecule has 0 saturated heterocycles. The highest BCUT2D eigenvalue weighted by Crippen LogP contribution is 2.39. The van der Waals surface area contributed by atoms with Crippen molar-refractivity contribution in [1.82, 2.24) is 9.88 Å². The zero-order valence-corrected chi connectivity index (χ0v) is 22.0. The van der Waals surface area contributed by atoms with Gasteiger partial charge in [0, 0.05) is 25.0 Å². The Hall–Kier alpha value is -4.84. The third kappa shape index (κ3) is 5.02. The first kappa shape index (κ1) is 24.8.